The minimum Gasteiger partial charge on any atom is -0.508 e. The van der Waals surface area contributed by atoms with Gasteiger partial charge in [-0.25, -0.2) is 4.79 Å². The third kappa shape index (κ3) is 9.23. The van der Waals surface area contributed by atoms with Gasteiger partial charge in [-0.05, 0) is 59.4 Å². The topological polar surface area (TPSA) is 108 Å². The minimum atomic E-state index is -1.05. The summed E-state index contributed by atoms with van der Waals surface area (Å²) < 4.78 is 5.38. The molecule has 1 rings (SSSR count). The van der Waals surface area contributed by atoms with Crippen LogP contribution in [0.15, 0.2) is 24.3 Å². The maximum absolute atomic E-state index is 13.9. The molecule has 2 unspecified atom stereocenters. The molecule has 1 aromatic rings. The van der Waals surface area contributed by atoms with Crippen LogP contribution in [0.4, 0.5) is 4.79 Å². The maximum Gasteiger partial charge on any atom is 0.408 e. The lowest BCUT2D eigenvalue weighted by Crippen LogP contribution is -2.55. The van der Waals surface area contributed by atoms with Crippen molar-refractivity contribution in [2.75, 3.05) is 6.54 Å². The van der Waals surface area contributed by atoms with Crippen LogP contribution in [0, 0.1) is 5.92 Å². The Bertz CT molecular complexity index is 817. The van der Waals surface area contributed by atoms with Crippen LogP contribution in [0.3, 0.4) is 0 Å². The van der Waals surface area contributed by atoms with Gasteiger partial charge >= 0.3 is 6.09 Å². The van der Waals surface area contributed by atoms with Crippen LogP contribution in [0.2, 0.25) is 0 Å². The second-order valence-electron chi connectivity index (χ2n) is 10.3. The molecule has 0 aliphatic heterocycles. The highest BCUT2D eigenvalue weighted by atomic mass is 16.6. The first-order chi connectivity index (χ1) is 15.8. The maximum atomic E-state index is 13.9. The summed E-state index contributed by atoms with van der Waals surface area (Å²) in [6.45, 7) is 15.3. The van der Waals surface area contributed by atoms with Gasteiger partial charge in [0.2, 0.25) is 11.8 Å². The van der Waals surface area contributed by atoms with Gasteiger partial charge in [0.05, 0.1) is 0 Å². The number of ether oxygens (including phenoxy) is 1. The Hall–Kier alpha value is -2.77. The summed E-state index contributed by atoms with van der Waals surface area (Å²) in [5, 5.41) is 16.2. The van der Waals surface area contributed by atoms with Crippen LogP contribution in [0.1, 0.15) is 86.3 Å². The zero-order valence-electron chi connectivity index (χ0n) is 22.0. The highest BCUT2D eigenvalue weighted by molar-refractivity contribution is 5.92. The number of para-hydroxylation sites is 1. The molecule has 1 aromatic carbocycles. The Morgan fingerprint density at radius 2 is 1.71 bits per heavy atom. The van der Waals surface area contributed by atoms with Gasteiger partial charge in [-0.2, -0.15) is 0 Å². The predicted octanol–water partition coefficient (Wildman–Crippen LogP) is 4.53. The fourth-order valence-electron chi connectivity index (χ4n) is 3.62. The van der Waals surface area contributed by atoms with Crippen LogP contribution >= 0.6 is 0 Å². The number of carbonyl (C=O) groups excluding carboxylic acids is 3. The molecule has 8 heteroatoms. The van der Waals surface area contributed by atoms with Gasteiger partial charge in [-0.1, -0.05) is 45.4 Å². The van der Waals surface area contributed by atoms with Crippen molar-refractivity contribution in [3.8, 4) is 5.75 Å². The fourth-order valence-corrected chi connectivity index (χ4v) is 3.62. The zero-order valence-corrected chi connectivity index (χ0v) is 22.0. The number of unbranched alkanes of at least 4 members (excludes halogenated alkanes) is 1. The molecule has 0 aliphatic carbocycles. The highest BCUT2D eigenvalue weighted by Gasteiger charge is 2.38. The van der Waals surface area contributed by atoms with Crippen molar-refractivity contribution >= 4 is 17.9 Å². The van der Waals surface area contributed by atoms with E-state index < -0.39 is 29.7 Å². The predicted molar refractivity (Wildman–Crippen MR) is 133 cm³/mol. The third-order valence-electron chi connectivity index (χ3n) is 5.09. The highest BCUT2D eigenvalue weighted by Crippen LogP contribution is 2.31. The summed E-state index contributed by atoms with van der Waals surface area (Å²) in [6.07, 6.45) is 1.38. The molecule has 34 heavy (non-hydrogen) atoms. The summed E-state index contributed by atoms with van der Waals surface area (Å²) in [4.78, 5) is 41.2. The van der Waals surface area contributed by atoms with E-state index in [1.165, 1.54) is 11.0 Å². The Morgan fingerprint density at radius 3 is 2.21 bits per heavy atom. The lowest BCUT2D eigenvalue weighted by molar-refractivity contribution is -0.145. The van der Waals surface area contributed by atoms with Gasteiger partial charge in [0.15, 0.2) is 0 Å². The van der Waals surface area contributed by atoms with Gasteiger partial charge in [0, 0.05) is 18.2 Å². The molecule has 0 fully saturated rings. The molecule has 0 aliphatic rings. The minimum absolute atomic E-state index is 0.0721. The molecule has 0 saturated heterocycles. The Balaban J connectivity index is 3.42. The molecule has 2 atom stereocenters. The molecule has 0 radical (unpaired) electrons. The van der Waals surface area contributed by atoms with Gasteiger partial charge < -0.3 is 25.4 Å². The van der Waals surface area contributed by atoms with E-state index in [0.717, 1.165) is 12.8 Å². The second-order valence-corrected chi connectivity index (χ2v) is 10.3. The summed E-state index contributed by atoms with van der Waals surface area (Å²) in [5.74, 6) is -0.761. The molecule has 0 saturated carbocycles. The largest absolute Gasteiger partial charge is 0.508 e. The van der Waals surface area contributed by atoms with E-state index in [2.05, 4.69) is 10.6 Å². The van der Waals surface area contributed by atoms with Gasteiger partial charge in [-0.3, -0.25) is 9.59 Å². The number of nitrogens with one attached hydrogen (secondary N) is 2. The lowest BCUT2D eigenvalue weighted by atomic mass is 9.97. The Labute approximate surface area is 204 Å². The second kappa shape index (κ2) is 13.2. The van der Waals surface area contributed by atoms with Crippen molar-refractivity contribution < 1.29 is 24.2 Å². The van der Waals surface area contributed by atoms with Crippen molar-refractivity contribution in [3.63, 3.8) is 0 Å². The quantitative estimate of drug-likeness (QED) is 0.406. The molecule has 3 amide bonds. The number of rotatable bonds is 11. The SMILES string of the molecule is CCCCNC(=O)C(c1ccccc1O)N(C(=O)C(CC(C)C)NC(=O)OC(C)(C)C)C(C)C. The average Bonchev–Trinajstić information content (AvgIpc) is 2.69. The number of carbonyl (C=O) groups is 3. The van der Waals surface area contributed by atoms with Gasteiger partial charge in [0.25, 0.3) is 0 Å². The summed E-state index contributed by atoms with van der Waals surface area (Å²) >= 11 is 0. The van der Waals surface area contributed by atoms with Gasteiger partial charge in [0.1, 0.15) is 23.4 Å². The number of aromatic hydroxyl groups is 1. The van der Waals surface area contributed by atoms with Crippen LogP contribution in [-0.4, -0.2) is 52.1 Å². The number of benzene rings is 1. The number of amides is 3. The van der Waals surface area contributed by atoms with Crippen molar-refractivity contribution in [2.45, 2.75) is 98.4 Å². The summed E-state index contributed by atoms with van der Waals surface area (Å²) in [6, 6.07) is 4.18. The molecule has 0 heterocycles. The van der Waals surface area contributed by atoms with Crippen molar-refractivity contribution in [3.05, 3.63) is 29.8 Å². The van der Waals surface area contributed by atoms with E-state index in [1.54, 1.807) is 39.0 Å². The zero-order chi connectivity index (χ0) is 26.1. The number of hydrogen-bond donors (Lipinski definition) is 3. The first kappa shape index (κ1) is 29.3. The monoisotopic (exact) mass is 477 g/mol. The van der Waals surface area contributed by atoms with E-state index in [0.29, 0.717) is 18.5 Å². The number of phenolic OH excluding ortho intramolecular Hbond substituents is 1. The molecule has 8 nitrogen and oxygen atoms in total. The van der Waals surface area contributed by atoms with E-state index in [4.69, 9.17) is 4.74 Å². The smallest absolute Gasteiger partial charge is 0.408 e. The Kier molecular flexibility index (Phi) is 11.4. The van der Waals surface area contributed by atoms with Crippen molar-refractivity contribution in [2.24, 2.45) is 5.92 Å². The lowest BCUT2D eigenvalue weighted by Gasteiger charge is -2.37. The van der Waals surface area contributed by atoms with Crippen LogP contribution in [-0.2, 0) is 14.3 Å². The van der Waals surface area contributed by atoms with E-state index in [-0.39, 0.29) is 23.6 Å². The summed E-state index contributed by atoms with van der Waals surface area (Å²) in [7, 11) is 0. The first-order valence-corrected chi connectivity index (χ1v) is 12.2. The molecular formula is C26H43N3O5. The molecular weight excluding hydrogens is 434 g/mol. The van der Waals surface area contributed by atoms with Crippen molar-refractivity contribution in [1.82, 2.24) is 15.5 Å². The molecule has 0 spiro atoms. The standard InChI is InChI=1S/C26H43N3O5/c1-9-10-15-27-23(31)22(19-13-11-12-14-21(19)30)29(18(4)5)24(32)20(16-17(2)3)28-25(33)34-26(6,7)8/h11-14,17-18,20,22,30H,9-10,15-16H2,1-8H3,(H,27,31)(H,28,33). The van der Waals surface area contributed by atoms with E-state index in [9.17, 15) is 19.5 Å². The average molecular weight is 478 g/mol. The van der Waals surface area contributed by atoms with E-state index >= 15 is 0 Å². The van der Waals surface area contributed by atoms with Crippen LogP contribution in [0.5, 0.6) is 5.75 Å². The van der Waals surface area contributed by atoms with E-state index in [1.807, 2.05) is 34.6 Å². The van der Waals surface area contributed by atoms with Gasteiger partial charge in [-0.15, -0.1) is 0 Å². The van der Waals surface area contributed by atoms with Crippen LogP contribution in [0.25, 0.3) is 0 Å². The molecule has 0 aromatic heterocycles. The Morgan fingerprint density at radius 1 is 1.09 bits per heavy atom. The normalized spacial score (nSPS) is 13.4. The first-order valence-electron chi connectivity index (χ1n) is 12.2. The number of alkyl carbamates (subject to hydrolysis) is 1. The number of phenols is 1. The summed E-state index contributed by atoms with van der Waals surface area (Å²) in [5.41, 5.74) is -0.385. The number of hydrogen-bond acceptors (Lipinski definition) is 5. The molecule has 0 bridgehead atoms. The molecule has 3 N–H and O–H groups in total. The van der Waals surface area contributed by atoms with Crippen molar-refractivity contribution in [1.29, 1.82) is 0 Å². The number of nitrogens with zero attached hydrogens (tertiary/aromatic N) is 1. The molecule has 192 valence electrons. The third-order valence-corrected chi connectivity index (χ3v) is 5.09. The van der Waals surface area contributed by atoms with Crippen LogP contribution < -0.4 is 10.6 Å². The fraction of sp³-hybridized carbons (Fsp3) is 0.654.